The first-order valence-electron chi connectivity index (χ1n) is 5.09. The highest BCUT2D eigenvalue weighted by atomic mass is 35.5. The summed E-state index contributed by atoms with van der Waals surface area (Å²) in [5, 5.41) is 0. The third kappa shape index (κ3) is 3.62. The summed E-state index contributed by atoms with van der Waals surface area (Å²) >= 11 is 7.16. The van der Waals surface area contributed by atoms with E-state index in [-0.39, 0.29) is 11.2 Å². The third-order valence-corrected chi connectivity index (χ3v) is 4.09. The summed E-state index contributed by atoms with van der Waals surface area (Å²) in [6, 6.07) is 3.59. The molecule has 0 saturated heterocycles. The molecule has 0 saturated carbocycles. The largest absolute Gasteiger partial charge is 0.293 e. The van der Waals surface area contributed by atoms with Crippen LogP contribution in [0.25, 0.3) is 0 Å². The van der Waals surface area contributed by atoms with Gasteiger partial charge in [-0.25, -0.2) is 0 Å². The summed E-state index contributed by atoms with van der Waals surface area (Å²) in [7, 11) is 0. The first-order valence-corrected chi connectivity index (χ1v) is 6.28. The van der Waals surface area contributed by atoms with E-state index in [2.05, 4.69) is 27.7 Å². The molecule has 1 aromatic heterocycles. The maximum absolute atomic E-state index is 11.9. The van der Waals surface area contributed by atoms with Gasteiger partial charge >= 0.3 is 0 Å². The van der Waals surface area contributed by atoms with Crippen LogP contribution in [0.5, 0.6) is 0 Å². The Kier molecular flexibility index (Phi) is 3.96. The lowest BCUT2D eigenvalue weighted by Gasteiger charge is -2.26. The highest BCUT2D eigenvalue weighted by molar-refractivity contribution is 7.18. The number of carbonyl (C=O) groups excluding carboxylic acids is 1. The summed E-state index contributed by atoms with van der Waals surface area (Å²) in [6.45, 7) is 8.60. The Labute approximate surface area is 100 Å². The van der Waals surface area contributed by atoms with E-state index in [9.17, 15) is 4.79 Å². The van der Waals surface area contributed by atoms with E-state index in [0.29, 0.717) is 16.7 Å². The maximum atomic E-state index is 11.9. The first kappa shape index (κ1) is 12.7. The topological polar surface area (TPSA) is 17.1 Å². The van der Waals surface area contributed by atoms with Crippen LogP contribution in [-0.2, 0) is 0 Å². The van der Waals surface area contributed by atoms with Crippen LogP contribution in [-0.4, -0.2) is 5.78 Å². The van der Waals surface area contributed by atoms with Gasteiger partial charge in [-0.2, -0.15) is 0 Å². The van der Waals surface area contributed by atoms with Crippen LogP contribution in [0.2, 0.25) is 4.34 Å². The lowest BCUT2D eigenvalue weighted by molar-refractivity contribution is 0.0931. The molecule has 1 unspecified atom stereocenters. The molecule has 1 atom stereocenters. The molecular formula is C12H17ClOS. The summed E-state index contributed by atoms with van der Waals surface area (Å²) in [5.74, 6) is 0.584. The fourth-order valence-corrected chi connectivity index (χ4v) is 2.14. The van der Waals surface area contributed by atoms with Gasteiger partial charge in [0.1, 0.15) is 0 Å². The van der Waals surface area contributed by atoms with Gasteiger partial charge in [-0.15, -0.1) is 11.3 Å². The molecule has 0 spiro atoms. The molecule has 1 heterocycles. The second kappa shape index (κ2) is 4.67. The van der Waals surface area contributed by atoms with Crippen molar-refractivity contribution in [1.82, 2.24) is 0 Å². The Bertz CT molecular complexity index is 349. The van der Waals surface area contributed by atoms with E-state index in [1.165, 1.54) is 11.3 Å². The predicted molar refractivity (Wildman–Crippen MR) is 66.9 cm³/mol. The number of halogens is 1. The zero-order valence-corrected chi connectivity index (χ0v) is 11.2. The van der Waals surface area contributed by atoms with Crippen molar-refractivity contribution < 1.29 is 4.79 Å². The quantitative estimate of drug-likeness (QED) is 0.707. The number of Topliss-reactive ketones (excluding diaryl/α,β-unsaturated/α-hetero) is 1. The molecule has 15 heavy (non-hydrogen) atoms. The van der Waals surface area contributed by atoms with Gasteiger partial charge in [0.05, 0.1) is 9.21 Å². The van der Waals surface area contributed by atoms with Crippen molar-refractivity contribution in [2.75, 3.05) is 0 Å². The zero-order chi connectivity index (χ0) is 11.6. The Morgan fingerprint density at radius 1 is 1.47 bits per heavy atom. The van der Waals surface area contributed by atoms with E-state index >= 15 is 0 Å². The van der Waals surface area contributed by atoms with Crippen LogP contribution in [0, 0.1) is 11.3 Å². The van der Waals surface area contributed by atoms with Gasteiger partial charge < -0.3 is 0 Å². The minimum atomic E-state index is 0.177. The average molecular weight is 245 g/mol. The standard InChI is InChI=1S/C12H17ClOS/c1-8(12(2,3)4)7-9(14)10-5-6-11(13)15-10/h5-6,8H,7H2,1-4H3. The van der Waals surface area contributed by atoms with Crippen LogP contribution >= 0.6 is 22.9 Å². The molecule has 84 valence electrons. The molecule has 0 aliphatic heterocycles. The monoisotopic (exact) mass is 244 g/mol. The van der Waals surface area contributed by atoms with Gasteiger partial charge in [0.25, 0.3) is 0 Å². The second-order valence-corrected chi connectivity index (χ2v) is 6.71. The highest BCUT2D eigenvalue weighted by Gasteiger charge is 2.23. The molecule has 1 rings (SSSR count). The van der Waals surface area contributed by atoms with Crippen molar-refractivity contribution in [3.63, 3.8) is 0 Å². The maximum Gasteiger partial charge on any atom is 0.173 e. The van der Waals surface area contributed by atoms with Gasteiger partial charge in [0.15, 0.2) is 5.78 Å². The third-order valence-electron chi connectivity index (χ3n) is 2.82. The highest BCUT2D eigenvalue weighted by Crippen LogP contribution is 2.31. The molecule has 0 N–H and O–H groups in total. The van der Waals surface area contributed by atoms with Crippen molar-refractivity contribution in [2.45, 2.75) is 34.1 Å². The normalized spacial score (nSPS) is 13.9. The fourth-order valence-electron chi connectivity index (χ4n) is 1.15. The molecule has 1 aromatic rings. The van der Waals surface area contributed by atoms with Crippen LogP contribution < -0.4 is 0 Å². The molecule has 0 radical (unpaired) electrons. The molecule has 0 fully saturated rings. The fraction of sp³-hybridized carbons (Fsp3) is 0.583. The smallest absolute Gasteiger partial charge is 0.173 e. The minimum absolute atomic E-state index is 0.177. The Morgan fingerprint density at radius 2 is 2.07 bits per heavy atom. The number of hydrogen-bond acceptors (Lipinski definition) is 2. The molecule has 0 aliphatic rings. The van der Waals surface area contributed by atoms with E-state index < -0.39 is 0 Å². The average Bonchev–Trinajstić information content (AvgIpc) is 2.50. The van der Waals surface area contributed by atoms with Crippen LogP contribution in [0.1, 0.15) is 43.8 Å². The Morgan fingerprint density at radius 3 is 2.47 bits per heavy atom. The zero-order valence-electron chi connectivity index (χ0n) is 9.63. The van der Waals surface area contributed by atoms with E-state index in [0.717, 1.165) is 4.88 Å². The molecule has 0 amide bonds. The summed E-state index contributed by atoms with van der Waals surface area (Å²) in [6.07, 6.45) is 0.598. The van der Waals surface area contributed by atoms with Crippen molar-refractivity contribution in [3.8, 4) is 0 Å². The number of thiophene rings is 1. The van der Waals surface area contributed by atoms with Gasteiger partial charge in [0.2, 0.25) is 0 Å². The van der Waals surface area contributed by atoms with E-state index in [1.807, 2.05) is 6.07 Å². The van der Waals surface area contributed by atoms with Gasteiger partial charge in [-0.3, -0.25) is 4.79 Å². The number of carbonyl (C=O) groups is 1. The summed E-state index contributed by atoms with van der Waals surface area (Å²) in [5.41, 5.74) is 0.177. The predicted octanol–water partition coefficient (Wildman–Crippen LogP) is 4.66. The second-order valence-electron chi connectivity index (χ2n) is 5.00. The van der Waals surface area contributed by atoms with Gasteiger partial charge in [-0.1, -0.05) is 39.3 Å². The van der Waals surface area contributed by atoms with Crippen LogP contribution in [0.15, 0.2) is 12.1 Å². The molecular weight excluding hydrogens is 228 g/mol. The number of hydrogen-bond donors (Lipinski definition) is 0. The Hall–Kier alpha value is -0.340. The molecule has 0 aliphatic carbocycles. The van der Waals surface area contributed by atoms with Crippen LogP contribution in [0.3, 0.4) is 0 Å². The minimum Gasteiger partial charge on any atom is -0.293 e. The number of rotatable bonds is 3. The van der Waals surface area contributed by atoms with E-state index in [1.54, 1.807) is 6.07 Å². The van der Waals surface area contributed by atoms with Crippen LogP contribution in [0.4, 0.5) is 0 Å². The SMILES string of the molecule is CC(CC(=O)c1ccc(Cl)s1)C(C)(C)C. The number of ketones is 1. The lowest BCUT2D eigenvalue weighted by Crippen LogP contribution is -2.20. The molecule has 1 nitrogen and oxygen atoms in total. The molecule has 3 heteroatoms. The Balaban J connectivity index is 2.64. The van der Waals surface area contributed by atoms with Gasteiger partial charge in [0, 0.05) is 6.42 Å². The van der Waals surface area contributed by atoms with Crippen molar-refractivity contribution in [1.29, 1.82) is 0 Å². The molecule has 0 aromatic carbocycles. The van der Waals surface area contributed by atoms with Crippen molar-refractivity contribution in [3.05, 3.63) is 21.3 Å². The van der Waals surface area contributed by atoms with E-state index in [4.69, 9.17) is 11.6 Å². The molecule has 0 bridgehead atoms. The van der Waals surface area contributed by atoms with Crippen molar-refractivity contribution in [2.24, 2.45) is 11.3 Å². The first-order chi connectivity index (χ1) is 6.80. The summed E-state index contributed by atoms with van der Waals surface area (Å²) in [4.78, 5) is 12.6. The lowest BCUT2D eigenvalue weighted by atomic mass is 9.79. The van der Waals surface area contributed by atoms with Gasteiger partial charge in [-0.05, 0) is 23.5 Å². The van der Waals surface area contributed by atoms with Crippen molar-refractivity contribution >= 4 is 28.7 Å². The summed E-state index contributed by atoms with van der Waals surface area (Å²) < 4.78 is 0.682.